The highest BCUT2D eigenvalue weighted by molar-refractivity contribution is 5.74. The van der Waals surface area contributed by atoms with Crippen LogP contribution in [0.15, 0.2) is 14.4 Å². The highest BCUT2D eigenvalue weighted by atomic mass is 16.3. The Morgan fingerprint density at radius 3 is 2.25 bits per heavy atom. The number of rotatable bonds is 4. The van der Waals surface area contributed by atoms with Crippen LogP contribution >= 0.6 is 0 Å². The summed E-state index contributed by atoms with van der Waals surface area (Å²) in [6.45, 7) is 5.66. The zero-order valence-electron chi connectivity index (χ0n) is 14.4. The van der Waals surface area contributed by atoms with Crippen molar-refractivity contribution in [2.45, 2.75) is 64.8 Å². The molecule has 1 aromatic heterocycles. The summed E-state index contributed by atoms with van der Waals surface area (Å²) in [6, 6.07) is 0. The van der Waals surface area contributed by atoms with Gasteiger partial charge in [-0.25, -0.2) is 4.68 Å². The van der Waals surface area contributed by atoms with E-state index >= 15 is 0 Å². The first-order valence-electron chi connectivity index (χ1n) is 8.59. The van der Waals surface area contributed by atoms with E-state index in [0.29, 0.717) is 18.0 Å². The van der Waals surface area contributed by atoms with E-state index in [2.05, 4.69) is 5.10 Å². The maximum Gasteiger partial charge on any atom is 0.275 e. The van der Waals surface area contributed by atoms with Gasteiger partial charge in [0.15, 0.2) is 5.75 Å². The van der Waals surface area contributed by atoms with Crippen molar-refractivity contribution in [2.75, 3.05) is 0 Å². The number of aryl methyl sites for hydroxylation is 1. The van der Waals surface area contributed by atoms with E-state index in [-0.39, 0.29) is 16.7 Å². The summed E-state index contributed by atoms with van der Waals surface area (Å²) >= 11 is 0. The molecule has 0 radical (unpaired) electrons. The molecule has 130 valence electrons. The molecule has 6 nitrogen and oxygen atoms in total. The Kier molecular flexibility index (Phi) is 4.01. The SMILES string of the molecule is CC(C)(C)n1[nH]c(CCC2CCCC2)c(-c2c(O)c(=O)c2=O)c1=O. The van der Waals surface area contributed by atoms with Crippen LogP contribution in [0.25, 0.3) is 11.1 Å². The molecule has 0 spiro atoms. The molecule has 0 bridgehead atoms. The normalized spacial score (nSPS) is 16.3. The van der Waals surface area contributed by atoms with Crippen molar-refractivity contribution in [3.8, 4) is 16.9 Å². The monoisotopic (exact) mass is 332 g/mol. The van der Waals surface area contributed by atoms with E-state index in [1.165, 1.54) is 30.4 Å². The number of aromatic amines is 1. The van der Waals surface area contributed by atoms with Gasteiger partial charge in [-0.05, 0) is 39.5 Å². The fourth-order valence-corrected chi connectivity index (χ4v) is 3.65. The molecule has 0 atom stereocenters. The standard InChI is InChI=1S/C18H24N2O4/c1-18(2,3)20-17(24)12(13-14(21)16(23)15(13)22)11(19-20)9-8-10-6-4-5-7-10/h10,19,21H,4-9H2,1-3H3. The van der Waals surface area contributed by atoms with Gasteiger partial charge in [0.2, 0.25) is 5.43 Å². The van der Waals surface area contributed by atoms with Gasteiger partial charge in [-0.3, -0.25) is 19.5 Å². The van der Waals surface area contributed by atoms with Crippen LogP contribution in [-0.2, 0) is 12.0 Å². The molecule has 0 unspecified atom stereocenters. The van der Waals surface area contributed by atoms with Gasteiger partial charge in [-0.15, -0.1) is 0 Å². The molecule has 2 aromatic rings. The number of aromatic hydroxyl groups is 1. The minimum Gasteiger partial charge on any atom is -0.503 e. The van der Waals surface area contributed by atoms with Crippen LogP contribution in [0.5, 0.6) is 5.75 Å². The van der Waals surface area contributed by atoms with Gasteiger partial charge in [-0.1, -0.05) is 25.7 Å². The van der Waals surface area contributed by atoms with Crippen molar-refractivity contribution in [3.63, 3.8) is 0 Å². The minimum atomic E-state index is -0.908. The molecule has 3 rings (SSSR count). The third-order valence-corrected chi connectivity index (χ3v) is 5.05. The van der Waals surface area contributed by atoms with Crippen LogP contribution in [0.1, 0.15) is 58.6 Å². The van der Waals surface area contributed by atoms with E-state index in [1.54, 1.807) is 0 Å². The van der Waals surface area contributed by atoms with Gasteiger partial charge in [0.05, 0.1) is 16.7 Å². The quantitative estimate of drug-likeness (QED) is 0.838. The Hall–Kier alpha value is -2.11. The minimum absolute atomic E-state index is 0.120. The van der Waals surface area contributed by atoms with Crippen molar-refractivity contribution in [2.24, 2.45) is 5.92 Å². The average molecular weight is 332 g/mol. The summed E-state index contributed by atoms with van der Waals surface area (Å²) in [7, 11) is 0. The number of nitrogens with zero attached hydrogens (tertiary/aromatic N) is 1. The van der Waals surface area contributed by atoms with E-state index < -0.39 is 22.1 Å². The molecule has 2 N–H and O–H groups in total. The van der Waals surface area contributed by atoms with Crippen LogP contribution in [0.3, 0.4) is 0 Å². The number of aromatic nitrogens is 2. The molecule has 0 amide bonds. The lowest BCUT2D eigenvalue weighted by Crippen LogP contribution is -2.36. The molecule has 1 fully saturated rings. The van der Waals surface area contributed by atoms with E-state index in [9.17, 15) is 19.5 Å². The topological polar surface area (TPSA) is 92.2 Å². The van der Waals surface area contributed by atoms with E-state index in [1.807, 2.05) is 20.8 Å². The highest BCUT2D eigenvalue weighted by Gasteiger charge is 2.31. The van der Waals surface area contributed by atoms with Crippen LogP contribution in [0.2, 0.25) is 0 Å². The van der Waals surface area contributed by atoms with Crippen molar-refractivity contribution < 1.29 is 5.11 Å². The largest absolute Gasteiger partial charge is 0.503 e. The summed E-state index contributed by atoms with van der Waals surface area (Å²) in [4.78, 5) is 36.0. The lowest BCUT2D eigenvalue weighted by molar-refractivity contribution is 0.342. The van der Waals surface area contributed by atoms with Crippen molar-refractivity contribution in [1.29, 1.82) is 0 Å². The molecule has 1 saturated carbocycles. The molecule has 1 aromatic carbocycles. The number of hydrogen-bond donors (Lipinski definition) is 2. The number of H-pyrrole nitrogens is 1. The maximum absolute atomic E-state index is 12.8. The molecule has 6 heteroatoms. The highest BCUT2D eigenvalue weighted by Crippen LogP contribution is 2.31. The predicted octanol–water partition coefficient (Wildman–Crippen LogP) is 2.02. The summed E-state index contributed by atoms with van der Waals surface area (Å²) in [5.74, 6) is 0.0555. The van der Waals surface area contributed by atoms with Crippen molar-refractivity contribution >= 4 is 0 Å². The van der Waals surface area contributed by atoms with Crippen LogP contribution in [-0.4, -0.2) is 14.9 Å². The molecule has 24 heavy (non-hydrogen) atoms. The second kappa shape index (κ2) is 5.76. The lowest BCUT2D eigenvalue weighted by atomic mass is 9.95. The second-order valence-corrected chi connectivity index (χ2v) is 7.85. The third kappa shape index (κ3) is 2.64. The predicted molar refractivity (Wildman–Crippen MR) is 92.3 cm³/mol. The first kappa shape index (κ1) is 16.7. The van der Waals surface area contributed by atoms with Gasteiger partial charge >= 0.3 is 0 Å². The Labute approximate surface area is 139 Å². The molecule has 0 aliphatic heterocycles. The van der Waals surface area contributed by atoms with Gasteiger partial charge in [0, 0.05) is 5.69 Å². The summed E-state index contributed by atoms with van der Waals surface area (Å²) in [6.07, 6.45) is 6.46. The van der Waals surface area contributed by atoms with Gasteiger partial charge in [0.1, 0.15) is 0 Å². The van der Waals surface area contributed by atoms with E-state index in [4.69, 9.17) is 0 Å². The second-order valence-electron chi connectivity index (χ2n) is 7.85. The number of nitrogens with one attached hydrogen (secondary N) is 1. The zero-order chi connectivity index (χ0) is 17.6. The first-order valence-corrected chi connectivity index (χ1v) is 8.59. The summed E-state index contributed by atoms with van der Waals surface area (Å²) < 4.78 is 1.47. The number of hydrogen-bond acceptors (Lipinski definition) is 4. The smallest absolute Gasteiger partial charge is 0.275 e. The molecule has 1 heterocycles. The molecule has 1 aliphatic rings. The van der Waals surface area contributed by atoms with E-state index in [0.717, 1.165) is 6.42 Å². The van der Waals surface area contributed by atoms with Crippen LogP contribution < -0.4 is 16.4 Å². The first-order chi connectivity index (χ1) is 11.2. The maximum atomic E-state index is 12.8. The fourth-order valence-electron chi connectivity index (χ4n) is 3.65. The molecular weight excluding hydrogens is 308 g/mol. The van der Waals surface area contributed by atoms with Gasteiger partial charge in [0.25, 0.3) is 11.0 Å². The van der Waals surface area contributed by atoms with Gasteiger partial charge < -0.3 is 5.11 Å². The third-order valence-electron chi connectivity index (χ3n) is 5.05. The van der Waals surface area contributed by atoms with Crippen molar-refractivity contribution in [3.05, 3.63) is 36.5 Å². The molecule has 1 aliphatic carbocycles. The Bertz CT molecular complexity index is 882. The summed E-state index contributed by atoms with van der Waals surface area (Å²) in [5, 5.41) is 12.9. The van der Waals surface area contributed by atoms with Gasteiger partial charge in [-0.2, -0.15) is 0 Å². The van der Waals surface area contributed by atoms with Crippen LogP contribution in [0, 0.1) is 5.92 Å². The Balaban J connectivity index is 2.04. The van der Waals surface area contributed by atoms with Crippen LogP contribution in [0.4, 0.5) is 0 Å². The average Bonchev–Trinajstić information content (AvgIpc) is 3.13. The molecular formula is C18H24N2O4. The van der Waals surface area contributed by atoms with Crippen molar-refractivity contribution in [1.82, 2.24) is 9.78 Å². The molecule has 0 saturated heterocycles. The summed E-state index contributed by atoms with van der Waals surface area (Å²) in [5.41, 5.74) is -1.82. The Morgan fingerprint density at radius 2 is 1.71 bits per heavy atom. The fraction of sp³-hybridized carbons (Fsp3) is 0.611. The Morgan fingerprint density at radius 1 is 1.08 bits per heavy atom. The lowest BCUT2D eigenvalue weighted by Gasteiger charge is -2.19. The zero-order valence-corrected chi connectivity index (χ0v) is 14.4.